The minimum absolute atomic E-state index is 0.0195. The molecule has 8 nitrogen and oxygen atoms in total. The second-order valence-electron chi connectivity index (χ2n) is 9.45. The van der Waals surface area contributed by atoms with Gasteiger partial charge in [-0.2, -0.15) is 0 Å². The minimum atomic E-state index is -0.693. The summed E-state index contributed by atoms with van der Waals surface area (Å²) in [5.41, 5.74) is 1.81. The van der Waals surface area contributed by atoms with Crippen LogP contribution in [-0.4, -0.2) is 55.8 Å². The quantitative estimate of drug-likeness (QED) is 0.131. The van der Waals surface area contributed by atoms with E-state index >= 15 is 0 Å². The number of hydrogen-bond donors (Lipinski definition) is 3. The van der Waals surface area contributed by atoms with Crippen LogP contribution in [0.5, 0.6) is 0 Å². The van der Waals surface area contributed by atoms with Crippen molar-refractivity contribution in [1.82, 2.24) is 10.6 Å². The van der Waals surface area contributed by atoms with Crippen LogP contribution in [-0.2, 0) is 30.3 Å². The number of benzene rings is 2. The monoisotopic (exact) mass is 550 g/mol. The second-order valence-corrected chi connectivity index (χ2v) is 9.45. The lowest BCUT2D eigenvalue weighted by Crippen LogP contribution is -2.38. The predicted molar refractivity (Wildman–Crippen MR) is 155 cm³/mol. The summed E-state index contributed by atoms with van der Waals surface area (Å²) in [6, 6.07) is 19.1. The molecular weight excluding hydrogens is 508 g/mol. The fraction of sp³-hybridized carbons (Fsp3) is 0.406. The van der Waals surface area contributed by atoms with Gasteiger partial charge in [0.2, 0.25) is 11.8 Å². The first kappa shape index (κ1) is 32.5. The van der Waals surface area contributed by atoms with E-state index in [1.165, 1.54) is 0 Å². The number of rotatable bonds is 20. The molecule has 0 unspecified atom stereocenters. The Labute approximate surface area is 237 Å². The Morgan fingerprint density at radius 1 is 0.900 bits per heavy atom. The van der Waals surface area contributed by atoms with Crippen LogP contribution in [0.4, 0.5) is 0 Å². The largest absolute Gasteiger partial charge is 0.455 e. The summed E-state index contributed by atoms with van der Waals surface area (Å²) in [4.78, 5) is 38.8. The summed E-state index contributed by atoms with van der Waals surface area (Å²) in [5, 5.41) is 14.3. The maximum absolute atomic E-state index is 13.4. The molecule has 0 aliphatic carbocycles. The topological polar surface area (TPSA) is 114 Å². The molecule has 0 aliphatic heterocycles. The molecule has 0 saturated carbocycles. The Balaban J connectivity index is 2.05. The molecule has 0 bridgehead atoms. The molecule has 0 spiro atoms. The molecule has 0 aliphatic rings. The highest BCUT2D eigenvalue weighted by atomic mass is 16.5. The van der Waals surface area contributed by atoms with Crippen molar-refractivity contribution >= 4 is 17.8 Å². The zero-order valence-corrected chi connectivity index (χ0v) is 23.1. The number of carbonyl (C=O) groups is 3. The molecule has 2 rings (SSSR count). The number of nitrogens with one attached hydrogen (secondary N) is 2. The summed E-state index contributed by atoms with van der Waals surface area (Å²) < 4.78 is 11.1. The van der Waals surface area contributed by atoms with Crippen molar-refractivity contribution in [3.05, 3.63) is 97.1 Å². The Bertz CT molecular complexity index is 1040. The predicted octanol–water partition coefficient (Wildman–Crippen LogP) is 3.92. The SMILES string of the molecule is C=CCC[C@H](Cc1ccccc1)C(=O)O[C@H](CNC(=O)[C@H](CC=C)CC(=O)NCCOCCO)c1ccccc1. The molecule has 0 aromatic heterocycles. The van der Waals surface area contributed by atoms with E-state index in [0.29, 0.717) is 25.7 Å². The van der Waals surface area contributed by atoms with Crippen molar-refractivity contribution in [2.75, 3.05) is 32.9 Å². The van der Waals surface area contributed by atoms with E-state index in [4.69, 9.17) is 14.6 Å². The number of allylic oxidation sites excluding steroid dienone is 2. The highest BCUT2D eigenvalue weighted by molar-refractivity contribution is 5.86. The first-order valence-corrected chi connectivity index (χ1v) is 13.7. The van der Waals surface area contributed by atoms with E-state index in [0.717, 1.165) is 11.1 Å². The number of aliphatic hydroxyl groups is 1. The van der Waals surface area contributed by atoms with Crippen LogP contribution in [0.25, 0.3) is 0 Å². The maximum Gasteiger partial charge on any atom is 0.309 e. The lowest BCUT2D eigenvalue weighted by atomic mass is 9.94. The van der Waals surface area contributed by atoms with Crippen LogP contribution < -0.4 is 10.6 Å². The molecule has 0 heterocycles. The smallest absolute Gasteiger partial charge is 0.309 e. The molecule has 216 valence electrons. The van der Waals surface area contributed by atoms with E-state index in [1.54, 1.807) is 12.2 Å². The average Bonchev–Trinajstić information content (AvgIpc) is 2.97. The van der Waals surface area contributed by atoms with E-state index < -0.39 is 12.0 Å². The molecule has 2 aromatic rings. The lowest BCUT2D eigenvalue weighted by Gasteiger charge is -2.24. The number of aliphatic hydroxyl groups excluding tert-OH is 1. The zero-order chi connectivity index (χ0) is 29.0. The number of esters is 1. The maximum atomic E-state index is 13.4. The van der Waals surface area contributed by atoms with Gasteiger partial charge in [-0.05, 0) is 36.8 Å². The molecular formula is C32H42N2O6. The Hall–Kier alpha value is -3.75. The number of amides is 2. The molecule has 8 heteroatoms. The fourth-order valence-corrected chi connectivity index (χ4v) is 4.20. The summed E-state index contributed by atoms with van der Waals surface area (Å²) in [6.07, 6.45) is 4.82. The Kier molecular flexibility index (Phi) is 15.7. The minimum Gasteiger partial charge on any atom is -0.455 e. The van der Waals surface area contributed by atoms with Gasteiger partial charge in [-0.15, -0.1) is 13.2 Å². The number of hydrogen-bond acceptors (Lipinski definition) is 6. The van der Waals surface area contributed by atoms with Gasteiger partial charge in [0.05, 0.1) is 38.2 Å². The van der Waals surface area contributed by atoms with Gasteiger partial charge in [0.1, 0.15) is 6.10 Å². The van der Waals surface area contributed by atoms with Crippen LogP contribution in [0.2, 0.25) is 0 Å². The summed E-state index contributed by atoms with van der Waals surface area (Å²) in [7, 11) is 0. The van der Waals surface area contributed by atoms with Crippen molar-refractivity contribution in [2.45, 2.75) is 38.2 Å². The second kappa shape index (κ2) is 19.3. The first-order chi connectivity index (χ1) is 19.5. The van der Waals surface area contributed by atoms with Gasteiger partial charge in [-0.3, -0.25) is 14.4 Å². The molecule has 3 N–H and O–H groups in total. The normalized spacial score (nSPS) is 12.9. The number of carbonyl (C=O) groups excluding carboxylic acids is 3. The van der Waals surface area contributed by atoms with Gasteiger partial charge in [-0.25, -0.2) is 0 Å². The van der Waals surface area contributed by atoms with Crippen molar-refractivity contribution in [3.63, 3.8) is 0 Å². The third kappa shape index (κ3) is 12.4. The summed E-state index contributed by atoms with van der Waals surface area (Å²) in [6.45, 7) is 8.23. The summed E-state index contributed by atoms with van der Waals surface area (Å²) in [5.74, 6) is -1.93. The van der Waals surface area contributed by atoms with Gasteiger partial charge >= 0.3 is 5.97 Å². The van der Waals surface area contributed by atoms with Gasteiger partial charge in [0, 0.05) is 13.0 Å². The van der Waals surface area contributed by atoms with Crippen molar-refractivity contribution in [3.8, 4) is 0 Å². The van der Waals surface area contributed by atoms with Crippen molar-refractivity contribution < 1.29 is 29.0 Å². The highest BCUT2D eigenvalue weighted by Crippen LogP contribution is 2.23. The van der Waals surface area contributed by atoms with Gasteiger partial charge in [0.25, 0.3) is 0 Å². The Morgan fingerprint density at radius 3 is 2.25 bits per heavy atom. The third-order valence-electron chi connectivity index (χ3n) is 6.33. The third-order valence-corrected chi connectivity index (χ3v) is 6.33. The van der Waals surface area contributed by atoms with E-state index in [1.807, 2.05) is 60.7 Å². The van der Waals surface area contributed by atoms with Crippen molar-refractivity contribution in [2.24, 2.45) is 11.8 Å². The van der Waals surface area contributed by atoms with Crippen LogP contribution >= 0.6 is 0 Å². The molecule has 0 radical (unpaired) electrons. The first-order valence-electron chi connectivity index (χ1n) is 13.7. The molecule has 2 amide bonds. The fourth-order valence-electron chi connectivity index (χ4n) is 4.20. The van der Waals surface area contributed by atoms with E-state index in [9.17, 15) is 14.4 Å². The lowest BCUT2D eigenvalue weighted by molar-refractivity contribution is -0.155. The van der Waals surface area contributed by atoms with Crippen LogP contribution in [0.3, 0.4) is 0 Å². The molecule has 40 heavy (non-hydrogen) atoms. The van der Waals surface area contributed by atoms with Crippen LogP contribution in [0, 0.1) is 11.8 Å². The Morgan fingerprint density at radius 2 is 1.60 bits per heavy atom. The van der Waals surface area contributed by atoms with Crippen molar-refractivity contribution in [1.29, 1.82) is 0 Å². The van der Waals surface area contributed by atoms with Gasteiger partial charge < -0.3 is 25.2 Å². The van der Waals surface area contributed by atoms with Crippen LogP contribution in [0.15, 0.2) is 86.0 Å². The van der Waals surface area contributed by atoms with Gasteiger partial charge in [-0.1, -0.05) is 72.8 Å². The molecule has 0 saturated heterocycles. The van der Waals surface area contributed by atoms with Gasteiger partial charge in [0.15, 0.2) is 0 Å². The molecule has 2 aromatic carbocycles. The highest BCUT2D eigenvalue weighted by Gasteiger charge is 2.26. The van der Waals surface area contributed by atoms with E-state index in [2.05, 4.69) is 23.8 Å². The number of ether oxygens (including phenoxy) is 2. The standard InChI is InChI=1S/C32H42N2O6/c1-3-5-15-28(22-25-13-8-6-9-14-25)32(38)40-29(26-16-10-7-11-17-26)24-34-31(37)27(12-4-2)23-30(36)33-18-20-39-21-19-35/h3-4,6-11,13-14,16-17,27-29,35H,1-2,5,12,15,18-24H2,(H,33,36)(H,34,37)/t27-,28-,29-/m1/s1. The van der Waals surface area contributed by atoms with Crippen LogP contribution in [0.1, 0.15) is 42.9 Å². The molecule has 0 fully saturated rings. The molecule has 3 atom stereocenters. The zero-order valence-electron chi connectivity index (χ0n) is 23.1. The summed E-state index contributed by atoms with van der Waals surface area (Å²) >= 11 is 0. The average molecular weight is 551 g/mol. The van der Waals surface area contributed by atoms with E-state index in [-0.39, 0.29) is 63.0 Å².